The molecule has 0 aromatic carbocycles. The highest BCUT2D eigenvalue weighted by Gasteiger charge is 1.98. The lowest BCUT2D eigenvalue weighted by molar-refractivity contribution is -0.120. The average Bonchev–Trinajstić information content (AvgIpc) is 2.21. The minimum atomic E-state index is 0.0494. The lowest BCUT2D eigenvalue weighted by atomic mass is 10.3. The van der Waals surface area contributed by atoms with Gasteiger partial charge in [0.15, 0.2) is 0 Å². The molecule has 0 aliphatic heterocycles. The van der Waals surface area contributed by atoms with Crippen molar-refractivity contribution in [2.75, 3.05) is 24.1 Å². The lowest BCUT2D eigenvalue weighted by Gasteiger charge is -2.05. The maximum Gasteiger partial charge on any atom is 0.221 e. The van der Waals surface area contributed by atoms with Crippen molar-refractivity contribution < 1.29 is 4.79 Å². The van der Waals surface area contributed by atoms with Crippen molar-refractivity contribution in [1.82, 2.24) is 10.3 Å². The van der Waals surface area contributed by atoms with Crippen molar-refractivity contribution >= 4 is 17.4 Å². The van der Waals surface area contributed by atoms with Gasteiger partial charge in [-0.2, -0.15) is 0 Å². The third-order valence-electron chi connectivity index (χ3n) is 1.84. The van der Waals surface area contributed by atoms with Gasteiger partial charge < -0.3 is 16.4 Å². The number of nitrogen functional groups attached to an aromatic ring is 1. The highest BCUT2D eigenvalue weighted by molar-refractivity contribution is 5.76. The molecule has 15 heavy (non-hydrogen) atoms. The standard InChI is InChI=1S/C10H16N4O/c1-2-12-10(15)5-6-13-8-3-4-9(11)14-7-8/h3-4,7,13H,2,5-6H2,1H3,(H2,11,14)(H,12,15). The number of hydrogen-bond acceptors (Lipinski definition) is 4. The molecule has 0 radical (unpaired) electrons. The zero-order valence-corrected chi connectivity index (χ0v) is 8.79. The molecule has 0 aliphatic rings. The smallest absolute Gasteiger partial charge is 0.221 e. The highest BCUT2D eigenvalue weighted by atomic mass is 16.1. The van der Waals surface area contributed by atoms with Crippen molar-refractivity contribution in [2.45, 2.75) is 13.3 Å². The van der Waals surface area contributed by atoms with Gasteiger partial charge in [0, 0.05) is 19.5 Å². The Morgan fingerprint density at radius 2 is 2.33 bits per heavy atom. The van der Waals surface area contributed by atoms with E-state index in [4.69, 9.17) is 5.73 Å². The maximum absolute atomic E-state index is 11.1. The van der Waals surface area contributed by atoms with Crippen molar-refractivity contribution in [3.8, 4) is 0 Å². The van der Waals surface area contributed by atoms with Gasteiger partial charge in [-0.3, -0.25) is 4.79 Å². The second-order valence-corrected chi connectivity index (χ2v) is 3.10. The second kappa shape index (κ2) is 5.85. The Morgan fingerprint density at radius 3 is 2.93 bits per heavy atom. The number of carbonyl (C=O) groups excluding carboxylic acids is 1. The number of nitrogens with two attached hydrogens (primary N) is 1. The van der Waals surface area contributed by atoms with Gasteiger partial charge in [0.25, 0.3) is 0 Å². The Balaban J connectivity index is 2.26. The van der Waals surface area contributed by atoms with Crippen LogP contribution in [0, 0.1) is 0 Å². The number of amides is 1. The number of aromatic nitrogens is 1. The first-order valence-corrected chi connectivity index (χ1v) is 4.94. The number of anilines is 2. The van der Waals surface area contributed by atoms with Crippen LogP contribution in [0.4, 0.5) is 11.5 Å². The van der Waals surface area contributed by atoms with Crippen molar-refractivity contribution in [2.24, 2.45) is 0 Å². The van der Waals surface area contributed by atoms with E-state index in [0.29, 0.717) is 25.3 Å². The van der Waals surface area contributed by atoms with E-state index in [0.717, 1.165) is 5.69 Å². The molecule has 82 valence electrons. The van der Waals surface area contributed by atoms with Gasteiger partial charge in [-0.15, -0.1) is 0 Å². The number of pyridine rings is 1. The summed E-state index contributed by atoms with van der Waals surface area (Å²) in [6.45, 7) is 3.16. The Hall–Kier alpha value is -1.78. The van der Waals surface area contributed by atoms with Crippen LogP contribution < -0.4 is 16.4 Å². The van der Waals surface area contributed by atoms with E-state index in [2.05, 4.69) is 15.6 Å². The Bertz CT molecular complexity index is 310. The fraction of sp³-hybridized carbons (Fsp3) is 0.400. The molecular weight excluding hydrogens is 192 g/mol. The van der Waals surface area contributed by atoms with Crippen molar-refractivity contribution in [3.63, 3.8) is 0 Å². The van der Waals surface area contributed by atoms with Gasteiger partial charge in [0.1, 0.15) is 5.82 Å². The molecule has 1 aromatic rings. The molecule has 1 rings (SSSR count). The molecule has 1 heterocycles. The van der Waals surface area contributed by atoms with Gasteiger partial charge >= 0.3 is 0 Å². The lowest BCUT2D eigenvalue weighted by Crippen LogP contribution is -2.24. The molecule has 0 spiro atoms. The summed E-state index contributed by atoms with van der Waals surface area (Å²) in [6, 6.07) is 3.55. The van der Waals surface area contributed by atoms with E-state index in [1.807, 2.05) is 13.0 Å². The van der Waals surface area contributed by atoms with E-state index >= 15 is 0 Å². The topological polar surface area (TPSA) is 80.0 Å². The van der Waals surface area contributed by atoms with Gasteiger partial charge in [-0.05, 0) is 19.1 Å². The third kappa shape index (κ3) is 4.30. The third-order valence-corrected chi connectivity index (χ3v) is 1.84. The minimum absolute atomic E-state index is 0.0494. The van der Waals surface area contributed by atoms with Crippen LogP contribution in [0.25, 0.3) is 0 Å². The van der Waals surface area contributed by atoms with E-state index in [1.54, 1.807) is 12.3 Å². The molecule has 0 aliphatic carbocycles. The predicted molar refractivity (Wildman–Crippen MR) is 60.4 cm³/mol. The SMILES string of the molecule is CCNC(=O)CCNc1ccc(N)nc1. The van der Waals surface area contributed by atoms with Gasteiger partial charge in [0.05, 0.1) is 11.9 Å². The molecule has 4 N–H and O–H groups in total. The molecule has 0 unspecified atom stereocenters. The maximum atomic E-state index is 11.1. The largest absolute Gasteiger partial charge is 0.384 e. The van der Waals surface area contributed by atoms with Gasteiger partial charge in [0.2, 0.25) is 5.91 Å². The average molecular weight is 208 g/mol. The quantitative estimate of drug-likeness (QED) is 0.662. The minimum Gasteiger partial charge on any atom is -0.384 e. The number of nitrogens with one attached hydrogen (secondary N) is 2. The molecule has 0 fully saturated rings. The number of rotatable bonds is 5. The van der Waals surface area contributed by atoms with Crippen LogP contribution in [0.1, 0.15) is 13.3 Å². The molecular formula is C10H16N4O. The molecule has 0 atom stereocenters. The molecule has 0 saturated heterocycles. The number of carbonyl (C=O) groups is 1. The molecule has 0 bridgehead atoms. The fourth-order valence-electron chi connectivity index (χ4n) is 1.12. The summed E-state index contributed by atoms with van der Waals surface area (Å²) in [4.78, 5) is 15.0. The summed E-state index contributed by atoms with van der Waals surface area (Å²) < 4.78 is 0. The van der Waals surface area contributed by atoms with Crippen LogP contribution in [-0.2, 0) is 4.79 Å². The Kier molecular flexibility index (Phi) is 4.40. The monoisotopic (exact) mass is 208 g/mol. The van der Waals surface area contributed by atoms with E-state index in [1.165, 1.54) is 0 Å². The fourth-order valence-corrected chi connectivity index (χ4v) is 1.12. The number of nitrogens with zero attached hydrogens (tertiary/aromatic N) is 1. The zero-order valence-electron chi connectivity index (χ0n) is 8.79. The van der Waals surface area contributed by atoms with Crippen LogP contribution in [-0.4, -0.2) is 24.0 Å². The van der Waals surface area contributed by atoms with E-state index in [-0.39, 0.29) is 5.91 Å². The molecule has 0 saturated carbocycles. The van der Waals surface area contributed by atoms with Gasteiger partial charge in [-0.25, -0.2) is 4.98 Å². The first-order chi connectivity index (χ1) is 7.22. The van der Waals surface area contributed by atoms with E-state index < -0.39 is 0 Å². The first kappa shape index (κ1) is 11.3. The molecule has 5 heteroatoms. The van der Waals surface area contributed by atoms with Crippen LogP contribution >= 0.6 is 0 Å². The molecule has 1 aromatic heterocycles. The van der Waals surface area contributed by atoms with E-state index in [9.17, 15) is 4.79 Å². The summed E-state index contributed by atoms with van der Waals surface area (Å²) in [5.41, 5.74) is 6.31. The summed E-state index contributed by atoms with van der Waals surface area (Å²) in [7, 11) is 0. The first-order valence-electron chi connectivity index (χ1n) is 4.94. The summed E-state index contributed by atoms with van der Waals surface area (Å²) >= 11 is 0. The highest BCUT2D eigenvalue weighted by Crippen LogP contribution is 2.06. The van der Waals surface area contributed by atoms with Crippen LogP contribution in [0.2, 0.25) is 0 Å². The molecule has 5 nitrogen and oxygen atoms in total. The Labute approximate surface area is 89.1 Å². The normalized spacial score (nSPS) is 9.67. The zero-order chi connectivity index (χ0) is 11.1. The van der Waals surface area contributed by atoms with Crippen LogP contribution in [0.5, 0.6) is 0 Å². The summed E-state index contributed by atoms with van der Waals surface area (Å²) in [6.07, 6.45) is 2.10. The second-order valence-electron chi connectivity index (χ2n) is 3.10. The van der Waals surface area contributed by atoms with Gasteiger partial charge in [-0.1, -0.05) is 0 Å². The van der Waals surface area contributed by atoms with Crippen molar-refractivity contribution in [3.05, 3.63) is 18.3 Å². The number of hydrogen-bond donors (Lipinski definition) is 3. The predicted octanol–water partition coefficient (Wildman–Crippen LogP) is 0.602. The van der Waals surface area contributed by atoms with Crippen LogP contribution in [0.15, 0.2) is 18.3 Å². The molecule has 1 amide bonds. The summed E-state index contributed by atoms with van der Waals surface area (Å²) in [5.74, 6) is 0.540. The summed E-state index contributed by atoms with van der Waals surface area (Å²) in [5, 5.41) is 5.81. The van der Waals surface area contributed by atoms with Crippen molar-refractivity contribution in [1.29, 1.82) is 0 Å². The Morgan fingerprint density at radius 1 is 1.53 bits per heavy atom. The van der Waals surface area contributed by atoms with Crippen LogP contribution in [0.3, 0.4) is 0 Å².